The van der Waals surface area contributed by atoms with E-state index in [4.69, 9.17) is 15.2 Å². The van der Waals surface area contributed by atoms with Gasteiger partial charge in [0.15, 0.2) is 0 Å². The van der Waals surface area contributed by atoms with Gasteiger partial charge in [0.25, 0.3) is 0 Å². The molecule has 94 valence electrons. The molecule has 0 aliphatic heterocycles. The number of benzene rings is 1. The molecule has 0 fully saturated rings. The summed E-state index contributed by atoms with van der Waals surface area (Å²) in [5, 5.41) is 0. The first-order valence-electron chi connectivity index (χ1n) is 5.45. The summed E-state index contributed by atoms with van der Waals surface area (Å²) in [5.41, 5.74) is 6.42. The van der Waals surface area contributed by atoms with Gasteiger partial charge in [-0.3, -0.25) is 0 Å². The minimum atomic E-state index is -0.480. The number of esters is 1. The van der Waals surface area contributed by atoms with Crippen LogP contribution in [0.4, 0.5) is 5.69 Å². The number of carbonyl (C=O) groups excluding carboxylic acids is 1. The van der Waals surface area contributed by atoms with Crippen molar-refractivity contribution in [3.05, 3.63) is 23.8 Å². The zero-order valence-electron chi connectivity index (χ0n) is 10.7. The monoisotopic (exact) mass is 237 g/mol. The number of hydrogen-bond donors (Lipinski definition) is 1. The van der Waals surface area contributed by atoms with Gasteiger partial charge in [0.2, 0.25) is 0 Å². The van der Waals surface area contributed by atoms with Gasteiger partial charge in [-0.05, 0) is 17.5 Å². The number of rotatable bonds is 3. The smallest absolute Gasteiger partial charge is 0.343 e. The molecule has 0 radical (unpaired) electrons. The minimum Gasteiger partial charge on any atom is -0.492 e. The third-order valence-electron chi connectivity index (χ3n) is 2.11. The Hall–Kier alpha value is -1.71. The lowest BCUT2D eigenvalue weighted by atomic mass is 9.98. The van der Waals surface area contributed by atoms with E-state index in [0.29, 0.717) is 23.6 Å². The van der Waals surface area contributed by atoms with Crippen molar-refractivity contribution >= 4 is 11.7 Å². The van der Waals surface area contributed by atoms with E-state index in [1.165, 1.54) is 7.11 Å². The van der Waals surface area contributed by atoms with Crippen molar-refractivity contribution in [1.82, 2.24) is 0 Å². The molecule has 0 spiro atoms. The van der Waals surface area contributed by atoms with Gasteiger partial charge in [-0.15, -0.1) is 0 Å². The van der Waals surface area contributed by atoms with Crippen molar-refractivity contribution in [2.24, 2.45) is 5.41 Å². The Kier molecular flexibility index (Phi) is 3.99. The van der Waals surface area contributed by atoms with Crippen molar-refractivity contribution in [3.63, 3.8) is 0 Å². The summed E-state index contributed by atoms with van der Waals surface area (Å²) >= 11 is 0. The lowest BCUT2D eigenvalue weighted by Gasteiger charge is -2.20. The molecule has 0 bridgehead atoms. The average Bonchev–Trinajstić information content (AvgIpc) is 2.24. The molecule has 0 saturated heterocycles. The lowest BCUT2D eigenvalue weighted by Crippen LogP contribution is -2.18. The van der Waals surface area contributed by atoms with E-state index in [1.54, 1.807) is 18.2 Å². The summed E-state index contributed by atoms with van der Waals surface area (Å²) in [5.74, 6) is -0.0150. The number of methoxy groups -OCH3 is 1. The molecule has 0 aliphatic carbocycles. The quantitative estimate of drug-likeness (QED) is 0.648. The summed E-state index contributed by atoms with van der Waals surface area (Å²) in [6, 6.07) is 5.12. The summed E-state index contributed by atoms with van der Waals surface area (Å²) in [6.45, 7) is 6.66. The zero-order chi connectivity index (χ0) is 13.1. The van der Waals surface area contributed by atoms with Gasteiger partial charge in [-0.2, -0.15) is 0 Å². The fourth-order valence-electron chi connectivity index (χ4n) is 1.28. The molecule has 0 aromatic heterocycles. The first kappa shape index (κ1) is 13.4. The van der Waals surface area contributed by atoms with Gasteiger partial charge in [0.1, 0.15) is 11.3 Å². The standard InChI is InChI=1S/C13H19NO3/c1-13(2,3)8-17-10-7-5-6-9(14)11(10)12(15)16-4/h5-7H,8,14H2,1-4H3. The second-order valence-electron chi connectivity index (χ2n) is 5.06. The van der Waals surface area contributed by atoms with Gasteiger partial charge >= 0.3 is 5.97 Å². The van der Waals surface area contributed by atoms with Gasteiger partial charge in [-0.1, -0.05) is 26.8 Å². The Balaban J connectivity index is 2.99. The molecule has 0 saturated carbocycles. The molecule has 0 amide bonds. The van der Waals surface area contributed by atoms with Gasteiger partial charge in [-0.25, -0.2) is 4.79 Å². The zero-order valence-corrected chi connectivity index (χ0v) is 10.7. The van der Waals surface area contributed by atoms with Crippen molar-refractivity contribution < 1.29 is 14.3 Å². The maximum absolute atomic E-state index is 11.6. The van der Waals surface area contributed by atoms with Crippen LogP contribution >= 0.6 is 0 Å². The SMILES string of the molecule is COC(=O)c1c(N)cccc1OCC(C)(C)C. The average molecular weight is 237 g/mol. The first-order chi connectivity index (χ1) is 7.85. The molecule has 17 heavy (non-hydrogen) atoms. The number of anilines is 1. The Morgan fingerprint density at radius 2 is 2.00 bits per heavy atom. The molecule has 1 aromatic carbocycles. The van der Waals surface area contributed by atoms with E-state index in [2.05, 4.69) is 20.8 Å². The first-order valence-corrected chi connectivity index (χ1v) is 5.45. The van der Waals surface area contributed by atoms with Crippen LogP contribution in [0.2, 0.25) is 0 Å². The lowest BCUT2D eigenvalue weighted by molar-refractivity contribution is 0.0595. The van der Waals surface area contributed by atoms with Crippen LogP contribution in [0.1, 0.15) is 31.1 Å². The van der Waals surface area contributed by atoms with E-state index in [-0.39, 0.29) is 5.41 Å². The summed E-state index contributed by atoms with van der Waals surface area (Å²) in [6.07, 6.45) is 0. The second-order valence-corrected chi connectivity index (χ2v) is 5.06. The molecule has 0 unspecified atom stereocenters. The van der Waals surface area contributed by atoms with Crippen LogP contribution in [0.25, 0.3) is 0 Å². The van der Waals surface area contributed by atoms with E-state index in [9.17, 15) is 4.79 Å². The Bertz CT molecular complexity index is 408. The van der Waals surface area contributed by atoms with Gasteiger partial charge in [0.05, 0.1) is 13.7 Å². The highest BCUT2D eigenvalue weighted by atomic mass is 16.5. The maximum Gasteiger partial charge on any atom is 0.343 e. The van der Waals surface area contributed by atoms with E-state index in [1.807, 2.05) is 0 Å². The van der Waals surface area contributed by atoms with Crippen molar-refractivity contribution in [3.8, 4) is 5.75 Å². The fraction of sp³-hybridized carbons (Fsp3) is 0.462. The number of carbonyl (C=O) groups is 1. The van der Waals surface area contributed by atoms with E-state index in [0.717, 1.165) is 0 Å². The van der Waals surface area contributed by atoms with Crippen LogP contribution in [0.5, 0.6) is 5.75 Å². The predicted molar refractivity (Wildman–Crippen MR) is 67.1 cm³/mol. The minimum absolute atomic E-state index is 0.0119. The van der Waals surface area contributed by atoms with Crippen LogP contribution in [0, 0.1) is 5.41 Å². The van der Waals surface area contributed by atoms with Crippen LogP contribution in [-0.2, 0) is 4.74 Å². The molecule has 0 heterocycles. The largest absolute Gasteiger partial charge is 0.492 e. The molecular formula is C13H19NO3. The fourth-order valence-corrected chi connectivity index (χ4v) is 1.28. The predicted octanol–water partition coefficient (Wildman–Crippen LogP) is 2.48. The molecule has 1 aromatic rings. The van der Waals surface area contributed by atoms with Gasteiger partial charge < -0.3 is 15.2 Å². The number of ether oxygens (including phenoxy) is 2. The molecule has 4 heteroatoms. The molecule has 0 aliphatic rings. The van der Waals surface area contributed by atoms with Crippen molar-refractivity contribution in [2.75, 3.05) is 19.5 Å². The Morgan fingerprint density at radius 3 is 2.53 bits per heavy atom. The van der Waals surface area contributed by atoms with Crippen molar-refractivity contribution in [1.29, 1.82) is 0 Å². The van der Waals surface area contributed by atoms with E-state index < -0.39 is 5.97 Å². The third kappa shape index (κ3) is 3.66. The van der Waals surface area contributed by atoms with Crippen molar-refractivity contribution in [2.45, 2.75) is 20.8 Å². The van der Waals surface area contributed by atoms with Crippen LogP contribution in [-0.4, -0.2) is 19.7 Å². The Labute approximate surface area is 102 Å². The van der Waals surface area contributed by atoms with Crippen LogP contribution in [0.15, 0.2) is 18.2 Å². The Morgan fingerprint density at radius 1 is 1.35 bits per heavy atom. The molecular weight excluding hydrogens is 218 g/mol. The normalized spacial score (nSPS) is 11.1. The van der Waals surface area contributed by atoms with Gasteiger partial charge in [0, 0.05) is 5.69 Å². The maximum atomic E-state index is 11.6. The highest BCUT2D eigenvalue weighted by molar-refractivity contribution is 5.98. The summed E-state index contributed by atoms with van der Waals surface area (Å²) in [7, 11) is 1.32. The van der Waals surface area contributed by atoms with E-state index >= 15 is 0 Å². The second kappa shape index (κ2) is 5.08. The highest BCUT2D eigenvalue weighted by Crippen LogP contribution is 2.27. The number of nitrogens with two attached hydrogens (primary N) is 1. The molecule has 4 nitrogen and oxygen atoms in total. The number of hydrogen-bond acceptors (Lipinski definition) is 4. The highest BCUT2D eigenvalue weighted by Gasteiger charge is 2.18. The van der Waals surface area contributed by atoms with Crippen LogP contribution < -0.4 is 10.5 Å². The third-order valence-corrected chi connectivity index (χ3v) is 2.11. The summed E-state index contributed by atoms with van der Waals surface area (Å²) in [4.78, 5) is 11.6. The molecule has 2 N–H and O–H groups in total. The summed E-state index contributed by atoms with van der Waals surface area (Å²) < 4.78 is 10.3. The number of nitrogen functional groups attached to an aromatic ring is 1. The van der Waals surface area contributed by atoms with Crippen LogP contribution in [0.3, 0.4) is 0 Å². The topological polar surface area (TPSA) is 61.5 Å². The molecule has 0 atom stereocenters. The molecule has 1 rings (SSSR count).